The van der Waals surface area contributed by atoms with Gasteiger partial charge in [0.1, 0.15) is 0 Å². The SMILES string of the molecule is CCN(CC)C(=O)CN1CCN(S(=O)(=O)N2CCCCC2)CC1. The molecule has 0 radical (unpaired) electrons. The third-order valence-corrected chi connectivity index (χ3v) is 6.81. The number of carbonyl (C=O) groups excluding carboxylic acids is 1. The lowest BCUT2D eigenvalue weighted by Crippen LogP contribution is -2.55. The Bertz CT molecular complexity index is 479. The van der Waals surface area contributed by atoms with Crippen LogP contribution >= 0.6 is 0 Å². The molecule has 0 saturated carbocycles. The molecule has 0 aliphatic carbocycles. The van der Waals surface area contributed by atoms with Gasteiger partial charge in [-0.1, -0.05) is 6.42 Å². The van der Waals surface area contributed by atoms with Gasteiger partial charge in [-0.2, -0.15) is 17.0 Å². The van der Waals surface area contributed by atoms with Crippen LogP contribution in [0.3, 0.4) is 0 Å². The van der Waals surface area contributed by atoms with E-state index < -0.39 is 10.2 Å². The summed E-state index contributed by atoms with van der Waals surface area (Å²) >= 11 is 0. The summed E-state index contributed by atoms with van der Waals surface area (Å²) in [5.41, 5.74) is 0. The van der Waals surface area contributed by atoms with Crippen LogP contribution in [-0.2, 0) is 15.0 Å². The van der Waals surface area contributed by atoms with Gasteiger partial charge in [0.05, 0.1) is 6.54 Å². The maximum absolute atomic E-state index is 12.6. The Morgan fingerprint density at radius 3 is 1.91 bits per heavy atom. The molecule has 0 spiro atoms. The number of hydrogen-bond donors (Lipinski definition) is 0. The first kappa shape index (κ1) is 18.6. The second-order valence-electron chi connectivity index (χ2n) is 6.21. The third-order valence-electron chi connectivity index (χ3n) is 4.77. The van der Waals surface area contributed by atoms with Crippen molar-refractivity contribution in [2.75, 3.05) is 58.9 Å². The first-order valence-electron chi connectivity index (χ1n) is 8.74. The number of rotatable bonds is 6. The zero-order valence-electron chi connectivity index (χ0n) is 14.4. The maximum Gasteiger partial charge on any atom is 0.282 e. The highest BCUT2D eigenvalue weighted by Gasteiger charge is 2.33. The van der Waals surface area contributed by atoms with Crippen LogP contribution in [0.25, 0.3) is 0 Å². The normalized spacial score (nSPS) is 22.2. The smallest absolute Gasteiger partial charge is 0.282 e. The molecule has 0 aromatic carbocycles. The molecule has 2 saturated heterocycles. The number of piperazine rings is 1. The Morgan fingerprint density at radius 1 is 0.870 bits per heavy atom. The lowest BCUT2D eigenvalue weighted by molar-refractivity contribution is -0.132. The van der Waals surface area contributed by atoms with Gasteiger partial charge in [-0.15, -0.1) is 0 Å². The fourth-order valence-corrected chi connectivity index (χ4v) is 4.92. The van der Waals surface area contributed by atoms with Crippen molar-refractivity contribution in [3.63, 3.8) is 0 Å². The lowest BCUT2D eigenvalue weighted by atomic mass is 10.2. The molecule has 0 atom stereocenters. The molecule has 0 bridgehead atoms. The quantitative estimate of drug-likeness (QED) is 0.689. The van der Waals surface area contributed by atoms with Crippen LogP contribution in [0.1, 0.15) is 33.1 Å². The van der Waals surface area contributed by atoms with E-state index in [9.17, 15) is 13.2 Å². The molecular formula is C15H30N4O3S. The Balaban J connectivity index is 1.84. The van der Waals surface area contributed by atoms with Crippen molar-refractivity contribution in [1.82, 2.24) is 18.4 Å². The van der Waals surface area contributed by atoms with Gasteiger partial charge in [0, 0.05) is 52.4 Å². The fraction of sp³-hybridized carbons (Fsp3) is 0.933. The molecule has 8 heteroatoms. The van der Waals surface area contributed by atoms with Crippen molar-refractivity contribution in [2.24, 2.45) is 0 Å². The highest BCUT2D eigenvalue weighted by molar-refractivity contribution is 7.86. The summed E-state index contributed by atoms with van der Waals surface area (Å²) in [5, 5.41) is 0. The highest BCUT2D eigenvalue weighted by atomic mass is 32.2. The Kier molecular flexibility index (Phi) is 6.82. The van der Waals surface area contributed by atoms with Crippen LogP contribution in [0.15, 0.2) is 0 Å². The monoisotopic (exact) mass is 346 g/mol. The number of nitrogens with zero attached hydrogens (tertiary/aromatic N) is 4. The Morgan fingerprint density at radius 2 is 1.39 bits per heavy atom. The van der Waals surface area contributed by atoms with E-state index in [1.165, 1.54) is 0 Å². The first-order valence-corrected chi connectivity index (χ1v) is 10.1. The summed E-state index contributed by atoms with van der Waals surface area (Å²) in [4.78, 5) is 16.0. The highest BCUT2D eigenvalue weighted by Crippen LogP contribution is 2.18. The van der Waals surface area contributed by atoms with Gasteiger partial charge in [-0.05, 0) is 26.7 Å². The molecule has 0 aromatic heterocycles. The van der Waals surface area contributed by atoms with Crippen molar-refractivity contribution >= 4 is 16.1 Å². The second kappa shape index (κ2) is 8.41. The minimum atomic E-state index is -3.32. The van der Waals surface area contributed by atoms with E-state index in [0.29, 0.717) is 45.8 Å². The minimum absolute atomic E-state index is 0.127. The molecule has 23 heavy (non-hydrogen) atoms. The van der Waals surface area contributed by atoms with E-state index in [4.69, 9.17) is 0 Å². The maximum atomic E-state index is 12.6. The summed E-state index contributed by atoms with van der Waals surface area (Å²) in [5.74, 6) is 0.127. The summed E-state index contributed by atoms with van der Waals surface area (Å²) in [6.07, 6.45) is 3.03. The Hall–Kier alpha value is -0.700. The standard InChI is InChI=1S/C15H30N4O3S/c1-3-17(4-2)15(20)14-16-10-12-19(13-11-16)23(21,22)18-8-6-5-7-9-18/h3-14H2,1-2H3. The van der Waals surface area contributed by atoms with Crippen molar-refractivity contribution in [1.29, 1.82) is 0 Å². The number of amides is 1. The minimum Gasteiger partial charge on any atom is -0.342 e. The van der Waals surface area contributed by atoms with Gasteiger partial charge in [0.25, 0.3) is 10.2 Å². The van der Waals surface area contributed by atoms with Crippen LogP contribution in [0.2, 0.25) is 0 Å². The average molecular weight is 346 g/mol. The molecule has 0 N–H and O–H groups in total. The van der Waals surface area contributed by atoms with Crippen LogP contribution in [0.4, 0.5) is 0 Å². The van der Waals surface area contributed by atoms with Crippen molar-refractivity contribution in [3.05, 3.63) is 0 Å². The van der Waals surface area contributed by atoms with E-state index in [-0.39, 0.29) is 5.91 Å². The predicted octanol–water partition coefficient (Wildman–Crippen LogP) is 0.203. The van der Waals surface area contributed by atoms with Crippen molar-refractivity contribution in [2.45, 2.75) is 33.1 Å². The van der Waals surface area contributed by atoms with E-state index >= 15 is 0 Å². The zero-order chi connectivity index (χ0) is 16.9. The van der Waals surface area contributed by atoms with Crippen LogP contribution in [0.5, 0.6) is 0 Å². The van der Waals surface area contributed by atoms with Crippen molar-refractivity contribution < 1.29 is 13.2 Å². The zero-order valence-corrected chi connectivity index (χ0v) is 15.2. The topological polar surface area (TPSA) is 64.2 Å². The van der Waals surface area contributed by atoms with Gasteiger partial charge in [-0.25, -0.2) is 0 Å². The molecule has 2 heterocycles. The van der Waals surface area contributed by atoms with Gasteiger partial charge in [0.15, 0.2) is 0 Å². The van der Waals surface area contributed by atoms with Crippen LogP contribution in [0, 0.1) is 0 Å². The fourth-order valence-electron chi connectivity index (χ4n) is 3.24. The molecule has 2 aliphatic heterocycles. The number of carbonyl (C=O) groups is 1. The molecular weight excluding hydrogens is 316 g/mol. The van der Waals surface area contributed by atoms with E-state index in [1.807, 2.05) is 18.7 Å². The van der Waals surface area contributed by atoms with Gasteiger partial charge in [0.2, 0.25) is 5.91 Å². The molecule has 0 aromatic rings. The van der Waals surface area contributed by atoms with Gasteiger partial charge < -0.3 is 4.90 Å². The van der Waals surface area contributed by atoms with E-state index in [1.54, 1.807) is 8.61 Å². The molecule has 2 aliphatic rings. The van der Waals surface area contributed by atoms with Crippen LogP contribution < -0.4 is 0 Å². The molecule has 1 amide bonds. The lowest BCUT2D eigenvalue weighted by Gasteiger charge is -2.37. The summed E-state index contributed by atoms with van der Waals surface area (Å²) < 4.78 is 28.5. The second-order valence-corrected chi connectivity index (χ2v) is 8.14. The average Bonchev–Trinajstić information content (AvgIpc) is 2.57. The largest absolute Gasteiger partial charge is 0.342 e. The molecule has 0 unspecified atom stereocenters. The van der Waals surface area contributed by atoms with Gasteiger partial charge >= 0.3 is 0 Å². The van der Waals surface area contributed by atoms with Crippen molar-refractivity contribution in [3.8, 4) is 0 Å². The molecule has 7 nitrogen and oxygen atoms in total. The Labute approximate surface area is 140 Å². The summed E-state index contributed by atoms with van der Waals surface area (Å²) in [6.45, 7) is 9.27. The molecule has 2 rings (SSSR count). The summed E-state index contributed by atoms with van der Waals surface area (Å²) in [6, 6.07) is 0. The number of piperidine rings is 1. The van der Waals surface area contributed by atoms with Gasteiger partial charge in [-0.3, -0.25) is 9.69 Å². The van der Waals surface area contributed by atoms with E-state index in [0.717, 1.165) is 32.4 Å². The van der Waals surface area contributed by atoms with E-state index in [2.05, 4.69) is 4.90 Å². The third kappa shape index (κ3) is 4.65. The number of hydrogen-bond acceptors (Lipinski definition) is 4. The first-order chi connectivity index (χ1) is 11.0. The predicted molar refractivity (Wildman–Crippen MR) is 90.3 cm³/mol. The molecule has 2 fully saturated rings. The number of likely N-dealkylation sites (N-methyl/N-ethyl adjacent to an activating group) is 1. The summed E-state index contributed by atoms with van der Waals surface area (Å²) in [7, 11) is -3.32. The van der Waals surface area contributed by atoms with Crippen LogP contribution in [-0.4, -0.2) is 91.6 Å². The molecule has 134 valence electrons.